The summed E-state index contributed by atoms with van der Waals surface area (Å²) in [6.45, 7) is 0. The van der Waals surface area contributed by atoms with Crippen LogP contribution >= 0.6 is 39.0 Å². The first-order valence-corrected chi connectivity index (χ1v) is 20.8. The Morgan fingerprint density at radius 3 is 1.13 bits per heavy atom. The van der Waals surface area contributed by atoms with Crippen LogP contribution in [-0.2, 0) is 12.8 Å². The highest BCUT2D eigenvalue weighted by Crippen LogP contribution is 2.55. The van der Waals surface area contributed by atoms with E-state index in [1.807, 2.05) is 0 Å². The number of rotatable bonds is 6. The highest BCUT2D eigenvalue weighted by atomic mass is 35.5. The molecular weight excluding hydrogens is 717 g/mol. The Kier molecular flexibility index (Phi) is 10.9. The molecule has 1 saturated carbocycles. The third kappa shape index (κ3) is 6.58. The molecule has 2 atom stereocenters. The van der Waals surface area contributed by atoms with Crippen LogP contribution in [0.3, 0.4) is 0 Å². The van der Waals surface area contributed by atoms with Gasteiger partial charge in [-0.3, -0.25) is 0 Å². The minimum absolute atomic E-state index is 0. The third-order valence-electron chi connectivity index (χ3n) is 10.5. The van der Waals surface area contributed by atoms with Gasteiger partial charge in [-0.25, -0.2) is 0 Å². The topological polar surface area (TPSA) is 18.5 Å². The van der Waals surface area contributed by atoms with E-state index in [0.29, 0.717) is 0 Å². The zero-order valence-corrected chi connectivity index (χ0v) is 30.8. The summed E-state index contributed by atoms with van der Waals surface area (Å²) in [6.07, 6.45) is 4.99. The van der Waals surface area contributed by atoms with E-state index in [9.17, 15) is 0 Å². The van der Waals surface area contributed by atoms with E-state index in [0.717, 1.165) is 64.3 Å². The summed E-state index contributed by atoms with van der Waals surface area (Å²) in [6, 6.07) is 51.8. The zero-order chi connectivity index (χ0) is 33.7. The average molecular weight is 762 g/mol. The van der Waals surface area contributed by atoms with Crippen molar-refractivity contribution >= 4 is 70.9 Å². The molecule has 0 unspecified atom stereocenters. The van der Waals surface area contributed by atoms with E-state index in [2.05, 4.69) is 146 Å². The fraction of sp³-hybridized carbons (Fsp3) is 0.217. The molecular formula is C46H44Cl2O2P2. The van der Waals surface area contributed by atoms with Gasteiger partial charge in [0.05, 0.1) is 0 Å². The second kappa shape index (κ2) is 15.4. The summed E-state index contributed by atoms with van der Waals surface area (Å²) < 4.78 is 15.2. The SMILES string of the molecule is C.C.Clc1cc2c(c(P(c3ccccc3)c3ccccc3)c1)OC13Oc4c(cc(Cl)cc4P(c4ccccc4)c4ccccc4)C[C@H]1CCC[C@@H]3C2. The smallest absolute Gasteiger partial charge is 0.257 e. The van der Waals surface area contributed by atoms with Gasteiger partial charge in [0, 0.05) is 32.5 Å². The van der Waals surface area contributed by atoms with Gasteiger partial charge in [-0.2, -0.15) is 0 Å². The standard InChI is InChI=1S/C44H36Cl2O2P2.2CH4/c45-34-26-30-24-32-14-13-15-33-25-31-27-35(46)29-41(50(38-20-9-3-10-21-38)39-22-11-4-12-23-39)43(31)48-44(32,33)47-42(30)40(28-34)49(36-16-5-1-6-17-36)37-18-7-2-8-19-37;;/h1-12,16-23,26-29,32-33H,13-15,24-25H2;2*1H4/t32-,33-,44?;;/m1../s1. The summed E-state index contributed by atoms with van der Waals surface area (Å²) in [5.41, 5.74) is 2.37. The molecule has 3 aliphatic rings. The van der Waals surface area contributed by atoms with E-state index < -0.39 is 21.6 Å². The molecule has 0 N–H and O–H groups in total. The van der Waals surface area contributed by atoms with Crippen LogP contribution in [0.25, 0.3) is 0 Å². The Hall–Kier alpha value is -3.64. The largest absolute Gasteiger partial charge is 0.451 e. The average Bonchev–Trinajstić information content (AvgIpc) is 3.15. The highest BCUT2D eigenvalue weighted by Gasteiger charge is 2.58. The minimum Gasteiger partial charge on any atom is -0.451 e. The first kappa shape index (κ1) is 36.7. The lowest BCUT2D eigenvalue weighted by Crippen LogP contribution is -2.62. The normalized spacial score (nSPS) is 19.8. The Bertz CT molecular complexity index is 1910. The van der Waals surface area contributed by atoms with Crippen LogP contribution in [0.4, 0.5) is 0 Å². The molecule has 0 aromatic heterocycles. The Balaban J connectivity index is 0.00000210. The third-order valence-corrected chi connectivity index (χ3v) is 15.8. The monoisotopic (exact) mass is 760 g/mol. The molecule has 1 fully saturated rings. The maximum Gasteiger partial charge on any atom is 0.257 e. The van der Waals surface area contributed by atoms with Crippen molar-refractivity contribution in [3.63, 3.8) is 0 Å². The summed E-state index contributed by atoms with van der Waals surface area (Å²) in [5, 5.41) is 8.89. The first-order chi connectivity index (χ1) is 24.6. The maximum atomic E-state index is 7.58. The summed E-state index contributed by atoms with van der Waals surface area (Å²) in [7, 11) is -1.89. The van der Waals surface area contributed by atoms with E-state index in [1.54, 1.807) is 0 Å². The van der Waals surface area contributed by atoms with E-state index >= 15 is 0 Å². The van der Waals surface area contributed by atoms with Crippen molar-refractivity contribution < 1.29 is 9.47 Å². The molecule has 6 aromatic rings. The molecule has 0 bridgehead atoms. The van der Waals surface area contributed by atoms with Crippen LogP contribution in [0.1, 0.15) is 45.2 Å². The number of hydrogen-bond donors (Lipinski definition) is 0. The maximum absolute atomic E-state index is 7.58. The number of fused-ring (bicyclic) bond motifs is 2. The highest BCUT2D eigenvalue weighted by molar-refractivity contribution is 7.80. The van der Waals surface area contributed by atoms with Gasteiger partial charge < -0.3 is 9.47 Å². The van der Waals surface area contributed by atoms with Crippen molar-refractivity contribution in [2.45, 2.75) is 52.7 Å². The molecule has 0 radical (unpaired) electrons. The van der Waals surface area contributed by atoms with Gasteiger partial charge in [-0.15, -0.1) is 0 Å². The lowest BCUT2D eigenvalue weighted by atomic mass is 9.68. The molecule has 0 amide bonds. The van der Waals surface area contributed by atoms with Crippen molar-refractivity contribution in [1.29, 1.82) is 0 Å². The fourth-order valence-corrected chi connectivity index (χ4v) is 13.9. The molecule has 2 heterocycles. The van der Waals surface area contributed by atoms with Crippen LogP contribution < -0.4 is 41.3 Å². The second-order valence-corrected chi connectivity index (χ2v) is 18.7. The van der Waals surface area contributed by atoms with Crippen LogP contribution in [0.2, 0.25) is 10.0 Å². The van der Waals surface area contributed by atoms with Gasteiger partial charge in [0.15, 0.2) is 0 Å². The summed E-state index contributed by atoms with van der Waals surface area (Å²) in [4.78, 5) is 0. The number of ether oxygens (including phenoxy) is 2. The molecule has 6 heteroatoms. The lowest BCUT2D eigenvalue weighted by molar-refractivity contribution is -0.225. The van der Waals surface area contributed by atoms with Crippen molar-refractivity contribution in [2.24, 2.45) is 11.8 Å². The van der Waals surface area contributed by atoms with Gasteiger partial charge in [-0.1, -0.05) is 166 Å². The molecule has 1 aliphatic carbocycles. The zero-order valence-electron chi connectivity index (χ0n) is 27.5. The molecule has 0 saturated heterocycles. The van der Waals surface area contributed by atoms with Gasteiger partial charge in [0.1, 0.15) is 11.5 Å². The minimum atomic E-state index is -0.943. The number of benzene rings is 6. The molecule has 9 rings (SSSR count). The predicted molar refractivity (Wildman–Crippen MR) is 226 cm³/mol. The fourth-order valence-electron chi connectivity index (χ4n) is 8.34. The van der Waals surface area contributed by atoms with Crippen molar-refractivity contribution in [3.8, 4) is 11.5 Å². The van der Waals surface area contributed by atoms with E-state index in [4.69, 9.17) is 32.7 Å². The summed E-state index contributed by atoms with van der Waals surface area (Å²) >= 11 is 14.0. The lowest BCUT2D eigenvalue weighted by Gasteiger charge is -2.54. The summed E-state index contributed by atoms with van der Waals surface area (Å²) in [5.74, 6) is 1.52. The van der Waals surface area contributed by atoms with Crippen LogP contribution in [0.15, 0.2) is 146 Å². The van der Waals surface area contributed by atoms with Crippen molar-refractivity contribution in [1.82, 2.24) is 0 Å². The predicted octanol–water partition coefficient (Wildman–Crippen LogP) is 10.5. The van der Waals surface area contributed by atoms with E-state index in [1.165, 1.54) is 32.3 Å². The Morgan fingerprint density at radius 1 is 0.481 bits per heavy atom. The molecule has 2 nitrogen and oxygen atoms in total. The number of hydrogen-bond acceptors (Lipinski definition) is 2. The Morgan fingerprint density at radius 2 is 0.808 bits per heavy atom. The van der Waals surface area contributed by atoms with Crippen molar-refractivity contribution in [2.75, 3.05) is 0 Å². The van der Waals surface area contributed by atoms with Gasteiger partial charge in [-0.05, 0) is 98.1 Å². The molecule has 1 spiro atoms. The van der Waals surface area contributed by atoms with Crippen LogP contribution in [0, 0.1) is 11.8 Å². The number of halogens is 2. The molecule has 6 aromatic carbocycles. The Labute approximate surface area is 321 Å². The van der Waals surface area contributed by atoms with Crippen LogP contribution in [-0.4, -0.2) is 5.79 Å². The van der Waals surface area contributed by atoms with Crippen molar-refractivity contribution in [3.05, 3.63) is 167 Å². The molecule has 264 valence electrons. The van der Waals surface area contributed by atoms with E-state index in [-0.39, 0.29) is 26.7 Å². The van der Waals surface area contributed by atoms with Crippen LogP contribution in [0.5, 0.6) is 11.5 Å². The second-order valence-electron chi connectivity index (χ2n) is 13.5. The van der Waals surface area contributed by atoms with Gasteiger partial charge in [0.2, 0.25) is 0 Å². The van der Waals surface area contributed by atoms with Gasteiger partial charge >= 0.3 is 0 Å². The van der Waals surface area contributed by atoms with Gasteiger partial charge in [0.25, 0.3) is 5.79 Å². The molecule has 52 heavy (non-hydrogen) atoms. The molecule has 2 aliphatic heterocycles. The quantitative estimate of drug-likeness (QED) is 0.157. The first-order valence-electron chi connectivity index (χ1n) is 17.4.